The lowest BCUT2D eigenvalue weighted by molar-refractivity contribution is -0.154. The maximum absolute atomic E-state index is 11.7. The Labute approximate surface area is 88.3 Å². The van der Waals surface area contributed by atoms with Crippen LogP contribution in [0.1, 0.15) is 13.3 Å². The van der Waals surface area contributed by atoms with Gasteiger partial charge in [-0.2, -0.15) is 0 Å². The summed E-state index contributed by atoms with van der Waals surface area (Å²) in [6.45, 7) is 2.41. The highest BCUT2D eigenvalue weighted by molar-refractivity contribution is 5.83. The molecular formula is C10H15NO4. The van der Waals surface area contributed by atoms with Crippen LogP contribution in [0, 0.1) is 0 Å². The molecule has 5 heteroatoms. The lowest BCUT2D eigenvalue weighted by atomic mass is 10.2. The molecule has 84 valence electrons. The number of amides is 1. The van der Waals surface area contributed by atoms with Crippen molar-refractivity contribution in [1.82, 2.24) is 4.90 Å². The van der Waals surface area contributed by atoms with Gasteiger partial charge in [-0.15, -0.1) is 0 Å². The Hall–Kier alpha value is -0.910. The van der Waals surface area contributed by atoms with Crippen molar-refractivity contribution in [3.05, 3.63) is 11.6 Å². The van der Waals surface area contributed by atoms with E-state index >= 15 is 0 Å². The molecule has 2 aliphatic rings. The van der Waals surface area contributed by atoms with Gasteiger partial charge < -0.3 is 14.6 Å². The maximum Gasteiger partial charge on any atom is 0.255 e. The molecule has 5 nitrogen and oxygen atoms in total. The van der Waals surface area contributed by atoms with Crippen molar-refractivity contribution >= 4 is 5.91 Å². The van der Waals surface area contributed by atoms with Crippen molar-refractivity contribution < 1.29 is 19.4 Å². The minimum atomic E-state index is -0.966. The molecule has 1 unspecified atom stereocenters. The minimum Gasteiger partial charge on any atom is -0.383 e. The molecule has 15 heavy (non-hydrogen) atoms. The molecule has 0 aromatic rings. The number of nitrogens with zero attached hydrogens (tertiary/aromatic N) is 1. The molecule has 2 rings (SSSR count). The molecule has 1 fully saturated rings. The Bertz CT molecular complexity index is 302. The maximum atomic E-state index is 11.7. The number of aliphatic hydroxyl groups is 1. The first kappa shape index (κ1) is 10.6. The summed E-state index contributed by atoms with van der Waals surface area (Å²) in [5, 5.41) is 9.47. The molecule has 1 amide bonds. The van der Waals surface area contributed by atoms with Crippen LogP contribution in [-0.2, 0) is 14.3 Å². The fourth-order valence-electron chi connectivity index (χ4n) is 2.00. The second kappa shape index (κ2) is 3.92. The van der Waals surface area contributed by atoms with Crippen LogP contribution in [0.25, 0.3) is 0 Å². The van der Waals surface area contributed by atoms with Crippen molar-refractivity contribution in [2.24, 2.45) is 0 Å². The SMILES string of the molecule is CO[C@H]1C[C@H](O)C(=O)N1C1OCC=C1C. The van der Waals surface area contributed by atoms with Gasteiger partial charge >= 0.3 is 0 Å². The van der Waals surface area contributed by atoms with Gasteiger partial charge in [-0.25, -0.2) is 0 Å². The molecule has 1 saturated heterocycles. The number of methoxy groups -OCH3 is 1. The van der Waals surface area contributed by atoms with Crippen LogP contribution in [0.15, 0.2) is 11.6 Å². The number of rotatable bonds is 2. The zero-order chi connectivity index (χ0) is 11.0. The average molecular weight is 213 g/mol. The van der Waals surface area contributed by atoms with E-state index < -0.39 is 6.10 Å². The van der Waals surface area contributed by atoms with Crippen LogP contribution in [0.3, 0.4) is 0 Å². The highest BCUT2D eigenvalue weighted by Crippen LogP contribution is 2.28. The summed E-state index contributed by atoms with van der Waals surface area (Å²) in [6.07, 6.45) is 0.503. The largest absolute Gasteiger partial charge is 0.383 e. The molecule has 3 atom stereocenters. The zero-order valence-corrected chi connectivity index (χ0v) is 8.84. The standard InChI is InChI=1S/C10H15NO4/c1-6-3-4-15-10(6)11-8(14-2)5-7(12)9(11)13/h3,7-8,10,12H,4-5H2,1-2H3/t7-,8-,10?/m0/s1. The van der Waals surface area contributed by atoms with Gasteiger partial charge in [-0.05, 0) is 12.5 Å². The van der Waals surface area contributed by atoms with Crippen molar-refractivity contribution in [2.75, 3.05) is 13.7 Å². The fourth-order valence-corrected chi connectivity index (χ4v) is 2.00. The second-order valence-corrected chi connectivity index (χ2v) is 3.82. The topological polar surface area (TPSA) is 59.0 Å². The van der Waals surface area contributed by atoms with Gasteiger partial charge in [-0.3, -0.25) is 9.69 Å². The van der Waals surface area contributed by atoms with Crippen LogP contribution in [-0.4, -0.2) is 48.2 Å². The minimum absolute atomic E-state index is 0.308. The summed E-state index contributed by atoms with van der Waals surface area (Å²) < 4.78 is 10.6. The van der Waals surface area contributed by atoms with Gasteiger partial charge in [0, 0.05) is 13.5 Å². The summed E-state index contributed by atoms with van der Waals surface area (Å²) in [4.78, 5) is 13.2. The van der Waals surface area contributed by atoms with E-state index in [1.807, 2.05) is 13.0 Å². The molecule has 2 heterocycles. The Morgan fingerprint density at radius 2 is 2.40 bits per heavy atom. The van der Waals surface area contributed by atoms with E-state index in [2.05, 4.69) is 0 Å². The predicted molar refractivity (Wildman–Crippen MR) is 51.8 cm³/mol. The second-order valence-electron chi connectivity index (χ2n) is 3.82. The average Bonchev–Trinajstić information content (AvgIpc) is 2.73. The highest BCUT2D eigenvalue weighted by Gasteiger charge is 2.44. The number of carbonyl (C=O) groups excluding carboxylic acids is 1. The molecule has 0 bridgehead atoms. The van der Waals surface area contributed by atoms with Gasteiger partial charge in [0.05, 0.1) is 6.61 Å². The first-order valence-corrected chi connectivity index (χ1v) is 4.96. The third-order valence-corrected chi connectivity index (χ3v) is 2.85. The van der Waals surface area contributed by atoms with E-state index in [0.717, 1.165) is 5.57 Å². The van der Waals surface area contributed by atoms with Gasteiger partial charge in [0.15, 0.2) is 6.23 Å². The van der Waals surface area contributed by atoms with Gasteiger partial charge in [0.2, 0.25) is 0 Å². The number of aliphatic hydroxyl groups excluding tert-OH is 1. The van der Waals surface area contributed by atoms with E-state index in [1.54, 1.807) is 0 Å². The normalized spacial score (nSPS) is 36.2. The molecular weight excluding hydrogens is 198 g/mol. The molecule has 2 aliphatic heterocycles. The van der Waals surface area contributed by atoms with Gasteiger partial charge in [0.25, 0.3) is 5.91 Å². The molecule has 0 aromatic heterocycles. The number of carbonyl (C=O) groups is 1. The quantitative estimate of drug-likeness (QED) is 0.648. The van der Waals surface area contributed by atoms with E-state index in [9.17, 15) is 9.90 Å². The summed E-state index contributed by atoms with van der Waals surface area (Å²) in [5.74, 6) is -0.318. The third-order valence-electron chi connectivity index (χ3n) is 2.85. The summed E-state index contributed by atoms with van der Waals surface area (Å²) >= 11 is 0. The summed E-state index contributed by atoms with van der Waals surface area (Å²) in [7, 11) is 1.52. The zero-order valence-electron chi connectivity index (χ0n) is 8.84. The molecule has 1 N–H and O–H groups in total. The highest BCUT2D eigenvalue weighted by atomic mass is 16.5. The molecule has 0 saturated carbocycles. The molecule has 0 spiro atoms. The molecule has 0 radical (unpaired) electrons. The molecule has 0 aromatic carbocycles. The number of hydrogen-bond donors (Lipinski definition) is 1. The van der Waals surface area contributed by atoms with Crippen LogP contribution in [0.5, 0.6) is 0 Å². The van der Waals surface area contributed by atoms with Crippen molar-refractivity contribution in [3.63, 3.8) is 0 Å². The summed E-state index contributed by atoms with van der Waals surface area (Å²) in [5.41, 5.74) is 0.986. The number of ether oxygens (including phenoxy) is 2. The van der Waals surface area contributed by atoms with Crippen LogP contribution >= 0.6 is 0 Å². The van der Waals surface area contributed by atoms with Crippen molar-refractivity contribution in [3.8, 4) is 0 Å². The first-order chi connectivity index (χ1) is 7.15. The van der Waals surface area contributed by atoms with Gasteiger partial charge in [0.1, 0.15) is 12.3 Å². The number of likely N-dealkylation sites (tertiary alicyclic amines) is 1. The van der Waals surface area contributed by atoms with E-state index in [1.165, 1.54) is 12.0 Å². The lowest BCUT2D eigenvalue weighted by Crippen LogP contribution is -2.44. The van der Waals surface area contributed by atoms with Gasteiger partial charge in [-0.1, -0.05) is 6.08 Å². The third kappa shape index (κ3) is 1.67. The molecule has 0 aliphatic carbocycles. The fraction of sp³-hybridized carbons (Fsp3) is 0.700. The first-order valence-electron chi connectivity index (χ1n) is 4.96. The van der Waals surface area contributed by atoms with Crippen LogP contribution in [0.2, 0.25) is 0 Å². The van der Waals surface area contributed by atoms with Crippen LogP contribution in [0.4, 0.5) is 0 Å². The van der Waals surface area contributed by atoms with Crippen molar-refractivity contribution in [1.29, 1.82) is 0 Å². The van der Waals surface area contributed by atoms with E-state index in [-0.39, 0.29) is 18.4 Å². The van der Waals surface area contributed by atoms with E-state index in [0.29, 0.717) is 13.0 Å². The Morgan fingerprint density at radius 1 is 1.67 bits per heavy atom. The lowest BCUT2D eigenvalue weighted by Gasteiger charge is -2.29. The Kier molecular flexibility index (Phi) is 2.77. The Morgan fingerprint density at radius 3 is 2.93 bits per heavy atom. The summed E-state index contributed by atoms with van der Waals surface area (Å²) in [6, 6.07) is 0. The number of hydrogen-bond acceptors (Lipinski definition) is 4. The van der Waals surface area contributed by atoms with E-state index in [4.69, 9.17) is 9.47 Å². The Balaban J connectivity index is 2.19. The monoisotopic (exact) mass is 213 g/mol. The smallest absolute Gasteiger partial charge is 0.255 e. The predicted octanol–water partition coefficient (Wildman–Crippen LogP) is -0.145. The van der Waals surface area contributed by atoms with Crippen molar-refractivity contribution in [2.45, 2.75) is 31.9 Å². The van der Waals surface area contributed by atoms with Crippen LogP contribution < -0.4 is 0 Å².